The Labute approximate surface area is 148 Å². The largest absolute Gasteiger partial charge is 0.361 e. The van der Waals surface area contributed by atoms with Gasteiger partial charge in [0, 0.05) is 33.4 Å². The van der Waals surface area contributed by atoms with Crippen LogP contribution in [0.15, 0.2) is 30.9 Å². The molecule has 1 aliphatic rings. The monoisotopic (exact) mass is 340 g/mol. The van der Waals surface area contributed by atoms with Gasteiger partial charge in [0.25, 0.3) is 5.91 Å². The van der Waals surface area contributed by atoms with E-state index in [1.54, 1.807) is 12.4 Å². The van der Waals surface area contributed by atoms with Crippen LogP contribution in [0, 0.1) is 0 Å². The molecule has 0 unspecified atom stereocenters. The predicted molar refractivity (Wildman–Crippen MR) is 99.2 cm³/mol. The van der Waals surface area contributed by atoms with Gasteiger partial charge in [-0.1, -0.05) is 12.8 Å². The fourth-order valence-corrected chi connectivity index (χ4v) is 2.97. The molecule has 2 aromatic rings. The van der Waals surface area contributed by atoms with Crippen molar-refractivity contribution < 1.29 is 4.79 Å². The van der Waals surface area contributed by atoms with Crippen LogP contribution >= 0.6 is 0 Å². The van der Waals surface area contributed by atoms with Crippen LogP contribution in [-0.4, -0.2) is 48.0 Å². The highest BCUT2D eigenvalue weighted by Crippen LogP contribution is 2.21. The lowest BCUT2D eigenvalue weighted by molar-refractivity contribution is 0.102. The zero-order valence-electron chi connectivity index (χ0n) is 14.8. The van der Waals surface area contributed by atoms with Crippen molar-refractivity contribution in [1.82, 2.24) is 15.0 Å². The van der Waals surface area contributed by atoms with Gasteiger partial charge in [-0.3, -0.25) is 4.79 Å². The van der Waals surface area contributed by atoms with Crippen LogP contribution in [0.2, 0.25) is 0 Å². The maximum atomic E-state index is 12.5. The molecular formula is C18H24N6O. The lowest BCUT2D eigenvalue weighted by Gasteiger charge is -2.21. The number of nitrogens with zero attached hydrogens (tertiary/aromatic N) is 5. The minimum atomic E-state index is -0.215. The Morgan fingerprint density at radius 3 is 2.48 bits per heavy atom. The highest BCUT2D eigenvalue weighted by atomic mass is 16.1. The maximum Gasteiger partial charge on any atom is 0.257 e. The number of pyridine rings is 1. The number of aromatic nitrogens is 3. The van der Waals surface area contributed by atoms with Crippen LogP contribution in [0.3, 0.4) is 0 Å². The Bertz CT molecular complexity index is 708. The number of amides is 1. The van der Waals surface area contributed by atoms with Crippen molar-refractivity contribution >= 4 is 23.2 Å². The standard InChI is InChI=1S/C18H24N6O/c1-23(2)17-15(12-19-13-21-17)22-18(25)14-7-8-16(20-11-14)24-9-5-3-4-6-10-24/h7-8,11-13H,3-6,9-10H2,1-2H3,(H,22,25). The van der Waals surface area contributed by atoms with Crippen LogP contribution < -0.4 is 15.1 Å². The number of carbonyl (C=O) groups is 1. The lowest BCUT2D eigenvalue weighted by Crippen LogP contribution is -2.25. The SMILES string of the molecule is CN(C)c1ncncc1NC(=O)c1ccc(N2CCCCCC2)nc1. The number of hydrogen-bond acceptors (Lipinski definition) is 6. The average molecular weight is 340 g/mol. The first kappa shape index (κ1) is 17.1. The minimum absolute atomic E-state index is 0.215. The molecule has 3 rings (SSSR count). The highest BCUT2D eigenvalue weighted by Gasteiger charge is 2.14. The summed E-state index contributed by atoms with van der Waals surface area (Å²) in [5.41, 5.74) is 1.10. The summed E-state index contributed by atoms with van der Waals surface area (Å²) in [4.78, 5) is 29.3. The molecule has 2 aromatic heterocycles. The molecule has 1 N–H and O–H groups in total. The van der Waals surface area contributed by atoms with Crippen molar-refractivity contribution in [2.24, 2.45) is 0 Å². The second-order valence-electron chi connectivity index (χ2n) is 6.41. The summed E-state index contributed by atoms with van der Waals surface area (Å²) in [5.74, 6) is 1.39. The number of nitrogens with one attached hydrogen (secondary N) is 1. The average Bonchev–Trinajstić information content (AvgIpc) is 2.91. The van der Waals surface area contributed by atoms with Gasteiger partial charge in [0.05, 0.1) is 11.8 Å². The van der Waals surface area contributed by atoms with Crippen molar-refractivity contribution in [2.45, 2.75) is 25.7 Å². The Morgan fingerprint density at radius 2 is 1.84 bits per heavy atom. The van der Waals surface area contributed by atoms with Crippen molar-refractivity contribution in [3.8, 4) is 0 Å². The van der Waals surface area contributed by atoms with Gasteiger partial charge >= 0.3 is 0 Å². The van der Waals surface area contributed by atoms with Crippen LogP contribution in [0.25, 0.3) is 0 Å². The van der Waals surface area contributed by atoms with Crippen molar-refractivity contribution in [1.29, 1.82) is 0 Å². The third-order valence-corrected chi connectivity index (χ3v) is 4.30. The number of carbonyl (C=O) groups excluding carboxylic acids is 1. The van der Waals surface area contributed by atoms with E-state index in [0.29, 0.717) is 17.1 Å². The van der Waals surface area contributed by atoms with E-state index in [4.69, 9.17) is 0 Å². The summed E-state index contributed by atoms with van der Waals surface area (Å²) in [7, 11) is 3.74. The number of hydrogen-bond donors (Lipinski definition) is 1. The van der Waals surface area contributed by atoms with Crippen LogP contribution in [0.5, 0.6) is 0 Å². The molecule has 1 aliphatic heterocycles. The number of rotatable bonds is 4. The van der Waals surface area contributed by atoms with E-state index >= 15 is 0 Å². The van der Waals surface area contributed by atoms with Gasteiger partial charge in [-0.25, -0.2) is 15.0 Å². The van der Waals surface area contributed by atoms with E-state index in [9.17, 15) is 4.79 Å². The van der Waals surface area contributed by atoms with E-state index in [-0.39, 0.29) is 5.91 Å². The normalized spacial score (nSPS) is 14.7. The second-order valence-corrected chi connectivity index (χ2v) is 6.41. The van der Waals surface area contributed by atoms with E-state index < -0.39 is 0 Å². The molecule has 132 valence electrons. The summed E-state index contributed by atoms with van der Waals surface area (Å²) < 4.78 is 0. The maximum absolute atomic E-state index is 12.5. The fraction of sp³-hybridized carbons (Fsp3) is 0.444. The molecule has 7 nitrogen and oxygen atoms in total. The van der Waals surface area contributed by atoms with Gasteiger partial charge in [0.1, 0.15) is 17.8 Å². The van der Waals surface area contributed by atoms with Crippen molar-refractivity contribution in [3.05, 3.63) is 36.4 Å². The van der Waals surface area contributed by atoms with Gasteiger partial charge < -0.3 is 15.1 Å². The van der Waals surface area contributed by atoms with Gasteiger partial charge in [0.15, 0.2) is 5.82 Å². The first-order chi connectivity index (χ1) is 12.1. The Balaban J connectivity index is 1.71. The van der Waals surface area contributed by atoms with E-state index in [2.05, 4.69) is 25.2 Å². The summed E-state index contributed by atoms with van der Waals surface area (Å²) in [5, 5.41) is 2.86. The molecule has 1 saturated heterocycles. The van der Waals surface area contributed by atoms with Crippen molar-refractivity contribution in [3.63, 3.8) is 0 Å². The molecule has 0 bridgehead atoms. The molecule has 1 amide bonds. The molecule has 25 heavy (non-hydrogen) atoms. The van der Waals surface area contributed by atoms with E-state index in [0.717, 1.165) is 18.9 Å². The van der Waals surface area contributed by atoms with E-state index in [1.165, 1.54) is 32.0 Å². The highest BCUT2D eigenvalue weighted by molar-refractivity contribution is 6.05. The molecule has 0 spiro atoms. The molecule has 7 heteroatoms. The Kier molecular flexibility index (Phi) is 5.42. The zero-order valence-corrected chi connectivity index (χ0v) is 14.8. The molecule has 0 atom stereocenters. The quantitative estimate of drug-likeness (QED) is 0.922. The summed E-state index contributed by atoms with van der Waals surface area (Å²) in [6.07, 6.45) is 9.65. The van der Waals surface area contributed by atoms with Gasteiger partial charge in [-0.05, 0) is 25.0 Å². The topological polar surface area (TPSA) is 74.2 Å². The summed E-state index contributed by atoms with van der Waals surface area (Å²) >= 11 is 0. The fourth-order valence-electron chi connectivity index (χ4n) is 2.97. The lowest BCUT2D eigenvalue weighted by atomic mass is 10.2. The molecule has 1 fully saturated rings. The van der Waals surface area contributed by atoms with Gasteiger partial charge in [-0.2, -0.15) is 0 Å². The van der Waals surface area contributed by atoms with Crippen LogP contribution in [0.1, 0.15) is 36.0 Å². The first-order valence-corrected chi connectivity index (χ1v) is 8.65. The molecular weight excluding hydrogens is 316 g/mol. The third kappa shape index (κ3) is 4.23. The van der Waals surface area contributed by atoms with Gasteiger partial charge in [-0.15, -0.1) is 0 Å². The van der Waals surface area contributed by atoms with Crippen molar-refractivity contribution in [2.75, 3.05) is 42.3 Å². The van der Waals surface area contributed by atoms with E-state index in [1.807, 2.05) is 31.1 Å². The molecule has 0 radical (unpaired) electrons. The molecule has 0 saturated carbocycles. The summed E-state index contributed by atoms with van der Waals surface area (Å²) in [6, 6.07) is 3.75. The molecule has 3 heterocycles. The smallest absolute Gasteiger partial charge is 0.257 e. The Hall–Kier alpha value is -2.70. The molecule has 0 aromatic carbocycles. The molecule has 0 aliphatic carbocycles. The second kappa shape index (κ2) is 7.92. The van der Waals surface area contributed by atoms with Crippen LogP contribution in [-0.2, 0) is 0 Å². The van der Waals surface area contributed by atoms with Crippen LogP contribution in [0.4, 0.5) is 17.3 Å². The minimum Gasteiger partial charge on any atom is -0.361 e. The summed E-state index contributed by atoms with van der Waals surface area (Å²) in [6.45, 7) is 2.07. The zero-order chi connectivity index (χ0) is 17.6. The van der Waals surface area contributed by atoms with Gasteiger partial charge in [0.2, 0.25) is 0 Å². The predicted octanol–water partition coefficient (Wildman–Crippen LogP) is 2.57. The first-order valence-electron chi connectivity index (χ1n) is 8.65. The Morgan fingerprint density at radius 1 is 1.08 bits per heavy atom. The third-order valence-electron chi connectivity index (χ3n) is 4.30. The number of anilines is 3.